The molecule has 4 unspecified atom stereocenters. The molecular formula is C47H49N3. The van der Waals surface area contributed by atoms with Crippen molar-refractivity contribution >= 4 is 11.6 Å². The van der Waals surface area contributed by atoms with Crippen molar-refractivity contribution in [2.45, 2.75) is 77.4 Å². The van der Waals surface area contributed by atoms with Gasteiger partial charge in [0.15, 0.2) is 0 Å². The molecule has 4 heterocycles. The Bertz CT molecular complexity index is 2060. The number of benzene rings is 3. The molecular weight excluding hydrogens is 607 g/mol. The van der Waals surface area contributed by atoms with Gasteiger partial charge in [0, 0.05) is 17.8 Å². The highest BCUT2D eigenvalue weighted by molar-refractivity contribution is 5.80. The van der Waals surface area contributed by atoms with Crippen LogP contribution in [0.15, 0.2) is 150 Å². The summed E-state index contributed by atoms with van der Waals surface area (Å²) in [5, 5.41) is 12.0. The Morgan fingerprint density at radius 3 is 2.52 bits per heavy atom. The molecule has 3 aromatic carbocycles. The fourth-order valence-corrected chi connectivity index (χ4v) is 8.74. The van der Waals surface area contributed by atoms with E-state index in [9.17, 15) is 0 Å². The molecule has 50 heavy (non-hydrogen) atoms. The van der Waals surface area contributed by atoms with Crippen molar-refractivity contribution in [3.8, 4) is 0 Å². The number of rotatable bonds is 7. The van der Waals surface area contributed by atoms with Crippen LogP contribution in [0.25, 0.3) is 11.6 Å². The van der Waals surface area contributed by atoms with Crippen LogP contribution in [0.4, 0.5) is 0 Å². The Labute approximate surface area is 298 Å². The van der Waals surface area contributed by atoms with Gasteiger partial charge in [-0.25, -0.2) is 0 Å². The van der Waals surface area contributed by atoms with Crippen LogP contribution in [0.1, 0.15) is 97.0 Å². The summed E-state index contributed by atoms with van der Waals surface area (Å²) in [6.45, 7) is 9.19. The van der Waals surface area contributed by atoms with E-state index in [2.05, 4.69) is 171 Å². The third-order valence-electron chi connectivity index (χ3n) is 11.6. The summed E-state index contributed by atoms with van der Waals surface area (Å²) in [5.74, 6) is 0.464. The second kappa shape index (κ2) is 13.4. The van der Waals surface area contributed by atoms with Gasteiger partial charge in [-0.1, -0.05) is 135 Å². The van der Waals surface area contributed by atoms with Crippen LogP contribution in [0.2, 0.25) is 0 Å². The van der Waals surface area contributed by atoms with Gasteiger partial charge in [0.25, 0.3) is 0 Å². The van der Waals surface area contributed by atoms with Crippen molar-refractivity contribution in [3.05, 3.63) is 189 Å². The second-order valence-electron chi connectivity index (χ2n) is 14.4. The van der Waals surface area contributed by atoms with E-state index in [1.807, 2.05) is 0 Å². The van der Waals surface area contributed by atoms with Gasteiger partial charge >= 0.3 is 0 Å². The minimum Gasteiger partial charge on any atom is -0.377 e. The second-order valence-corrected chi connectivity index (χ2v) is 14.4. The molecule has 3 N–H and O–H groups in total. The van der Waals surface area contributed by atoms with Gasteiger partial charge in [-0.15, -0.1) is 0 Å². The maximum absolute atomic E-state index is 4.15. The highest BCUT2D eigenvalue weighted by atomic mass is 15.1. The quantitative estimate of drug-likeness (QED) is 0.237. The van der Waals surface area contributed by atoms with Gasteiger partial charge in [0.2, 0.25) is 0 Å². The van der Waals surface area contributed by atoms with Crippen molar-refractivity contribution < 1.29 is 0 Å². The van der Waals surface area contributed by atoms with E-state index in [0.717, 1.165) is 19.3 Å². The minimum absolute atomic E-state index is 0.0499. The summed E-state index contributed by atoms with van der Waals surface area (Å²) in [4.78, 5) is 0. The van der Waals surface area contributed by atoms with Gasteiger partial charge in [0.05, 0.1) is 17.8 Å². The predicted octanol–water partition coefficient (Wildman–Crippen LogP) is 10.9. The third kappa shape index (κ3) is 5.54. The lowest BCUT2D eigenvalue weighted by molar-refractivity contribution is 0.477. The zero-order valence-electron chi connectivity index (χ0n) is 29.9. The standard InChI is InChI=1S/C47H49N3/c1-5-7-14-34-23-25-40(32(4)31(34)3)44-39(6-2)41-19-11-12-20-43(41)49-45(44)37-17-13-18-38(29-37)47-28-27-33(30-48-47)21-22-36-24-26-42(50-46(36)47)35-15-9-8-10-16-35/h7-10,13-18,20-30,41-42,45,48-50H,5-6,11-12,19H2,1-4H3/b14-7-,22-21-. The topological polar surface area (TPSA) is 36.1 Å². The molecule has 6 aliphatic rings. The van der Waals surface area contributed by atoms with Crippen molar-refractivity contribution in [1.82, 2.24) is 16.0 Å². The summed E-state index contributed by atoms with van der Waals surface area (Å²) >= 11 is 0. The number of hydrogen-bond donors (Lipinski definition) is 3. The first-order valence-corrected chi connectivity index (χ1v) is 18.7. The molecule has 0 saturated heterocycles. The molecule has 3 aromatic rings. The maximum atomic E-state index is 4.15. The first-order chi connectivity index (χ1) is 24.5. The molecule has 0 spiro atoms. The average Bonchev–Trinajstić information content (AvgIpc) is 3.16. The first-order valence-electron chi connectivity index (χ1n) is 18.7. The van der Waals surface area contributed by atoms with Crippen molar-refractivity contribution in [2.75, 3.05) is 0 Å². The molecule has 0 amide bonds. The number of dihydropyridines is 2. The maximum Gasteiger partial charge on any atom is 0.122 e. The Morgan fingerprint density at radius 1 is 0.860 bits per heavy atom. The van der Waals surface area contributed by atoms with Crippen LogP contribution in [-0.2, 0) is 5.54 Å². The molecule has 3 nitrogen and oxygen atoms in total. The van der Waals surface area contributed by atoms with Crippen LogP contribution in [0.3, 0.4) is 0 Å². The summed E-state index contributed by atoms with van der Waals surface area (Å²) in [6.07, 6.45) is 28.5. The van der Waals surface area contributed by atoms with E-state index in [0.29, 0.717) is 5.92 Å². The van der Waals surface area contributed by atoms with Crippen molar-refractivity contribution in [1.29, 1.82) is 0 Å². The molecule has 252 valence electrons. The van der Waals surface area contributed by atoms with Gasteiger partial charge in [0.1, 0.15) is 5.54 Å². The third-order valence-corrected chi connectivity index (χ3v) is 11.6. The SMILES string of the molecule is CC/C=C\c1ccc(C2=C(CC)C3CCCC=C3NC2c2cccc(C34C=CC(=CN3)/C=C\C3=C4NC(c4ccccc4)C=C3)c2)c(C)c1C. The Balaban J connectivity index is 1.27. The lowest BCUT2D eigenvalue weighted by Crippen LogP contribution is -2.48. The monoisotopic (exact) mass is 655 g/mol. The smallest absolute Gasteiger partial charge is 0.122 e. The fraction of sp³-hybridized carbons (Fsp3) is 0.277. The summed E-state index contributed by atoms with van der Waals surface area (Å²) in [6, 6.07) is 25.0. The van der Waals surface area contributed by atoms with E-state index >= 15 is 0 Å². The summed E-state index contributed by atoms with van der Waals surface area (Å²) < 4.78 is 0. The molecule has 4 aliphatic heterocycles. The van der Waals surface area contributed by atoms with Gasteiger partial charge in [-0.3, -0.25) is 0 Å². The minimum atomic E-state index is -0.546. The normalized spacial score (nSPS) is 25.9. The van der Waals surface area contributed by atoms with Gasteiger partial charge in [-0.2, -0.15) is 0 Å². The van der Waals surface area contributed by atoms with Gasteiger partial charge < -0.3 is 16.0 Å². The lowest BCUT2D eigenvalue weighted by Gasteiger charge is -2.43. The van der Waals surface area contributed by atoms with E-state index in [1.165, 1.54) is 79.9 Å². The van der Waals surface area contributed by atoms with E-state index in [-0.39, 0.29) is 12.1 Å². The molecule has 0 saturated carbocycles. The Hall–Kier alpha value is -5.02. The largest absolute Gasteiger partial charge is 0.377 e. The molecule has 4 atom stereocenters. The van der Waals surface area contributed by atoms with Crippen LogP contribution in [0, 0.1) is 19.8 Å². The zero-order chi connectivity index (χ0) is 34.2. The molecule has 2 bridgehead atoms. The fourth-order valence-electron chi connectivity index (χ4n) is 8.74. The number of fused-ring (bicyclic) bond motifs is 2. The molecule has 3 heteroatoms. The average molecular weight is 656 g/mol. The lowest BCUT2D eigenvalue weighted by atomic mass is 9.72. The molecule has 9 rings (SSSR count). The van der Waals surface area contributed by atoms with Crippen LogP contribution >= 0.6 is 0 Å². The number of nitrogens with one attached hydrogen (secondary N) is 3. The molecule has 0 fully saturated rings. The van der Waals surface area contributed by atoms with Crippen LogP contribution in [0.5, 0.6) is 0 Å². The van der Waals surface area contributed by atoms with Crippen LogP contribution < -0.4 is 16.0 Å². The number of hydrogen-bond acceptors (Lipinski definition) is 3. The summed E-state index contributed by atoms with van der Waals surface area (Å²) in [7, 11) is 0. The Morgan fingerprint density at radius 2 is 1.72 bits per heavy atom. The molecule has 0 aromatic heterocycles. The number of allylic oxidation sites excluding steroid dienone is 9. The summed E-state index contributed by atoms with van der Waals surface area (Å²) in [5.41, 5.74) is 16.7. The van der Waals surface area contributed by atoms with Crippen molar-refractivity contribution in [3.63, 3.8) is 0 Å². The predicted molar refractivity (Wildman–Crippen MR) is 210 cm³/mol. The molecule has 2 aliphatic carbocycles. The highest BCUT2D eigenvalue weighted by Gasteiger charge is 2.40. The highest BCUT2D eigenvalue weighted by Crippen LogP contribution is 2.48. The van der Waals surface area contributed by atoms with E-state index in [1.54, 1.807) is 5.57 Å². The van der Waals surface area contributed by atoms with E-state index in [4.69, 9.17) is 0 Å². The molecule has 0 radical (unpaired) electrons. The van der Waals surface area contributed by atoms with Gasteiger partial charge in [-0.05, 0) is 108 Å². The van der Waals surface area contributed by atoms with Crippen LogP contribution in [-0.4, -0.2) is 0 Å². The zero-order valence-corrected chi connectivity index (χ0v) is 29.9. The van der Waals surface area contributed by atoms with Crippen molar-refractivity contribution in [2.24, 2.45) is 5.92 Å². The first kappa shape index (κ1) is 32.2. The Kier molecular flexibility index (Phi) is 8.60. The van der Waals surface area contributed by atoms with E-state index < -0.39 is 5.54 Å².